The van der Waals surface area contributed by atoms with Crippen LogP contribution in [0.1, 0.15) is 19.8 Å². The van der Waals surface area contributed by atoms with Crippen LogP contribution in [-0.2, 0) is 14.4 Å². The molecule has 0 spiro atoms. The molecule has 0 aromatic heterocycles. The molecule has 2 amide bonds. The molecule has 110 valence electrons. The number of hydrogen-bond donors (Lipinski definition) is 1. The minimum atomic E-state index is -5.24. The highest BCUT2D eigenvalue weighted by molar-refractivity contribution is 6.09. The Morgan fingerprint density at radius 1 is 1.20 bits per heavy atom. The molecule has 2 aliphatic rings. The van der Waals surface area contributed by atoms with Gasteiger partial charge in [-0.2, -0.15) is 13.2 Å². The molecule has 2 rings (SSSR count). The second kappa shape index (κ2) is 4.32. The van der Waals surface area contributed by atoms with Crippen LogP contribution < -0.4 is 0 Å². The summed E-state index contributed by atoms with van der Waals surface area (Å²) in [6.45, 7) is 0.343. The molecule has 1 unspecified atom stereocenters. The molecule has 1 saturated heterocycles. The third-order valence-corrected chi connectivity index (χ3v) is 3.92. The zero-order valence-corrected chi connectivity index (χ0v) is 10.5. The molecule has 3 atom stereocenters. The zero-order chi connectivity index (χ0) is 15.3. The number of imide groups is 1. The van der Waals surface area contributed by atoms with Crippen LogP contribution in [0.15, 0.2) is 12.2 Å². The van der Waals surface area contributed by atoms with Crippen LogP contribution >= 0.6 is 0 Å². The Hall–Kier alpha value is -1.86. The summed E-state index contributed by atoms with van der Waals surface area (Å²) in [7, 11) is 0. The molecule has 0 bridgehead atoms. The van der Waals surface area contributed by atoms with Crippen molar-refractivity contribution >= 4 is 17.8 Å². The summed E-state index contributed by atoms with van der Waals surface area (Å²) in [4.78, 5) is 35.1. The number of likely N-dealkylation sites (tertiary alicyclic amines) is 1. The number of carboxylic acid groups (broad SMARTS) is 1. The standard InChI is InChI=1S/C12H12F3NO4/c1-11(10(19)20,12(13,14)15)16-8(17)6-4-2-3-5-7(6)9(16)18/h2-3,6-7H,4-5H2,1H3,(H,19,20)/t6-,7+,11?. The quantitative estimate of drug-likeness (QED) is 0.615. The fourth-order valence-corrected chi connectivity index (χ4v) is 2.58. The predicted octanol–water partition coefficient (Wildman–Crippen LogP) is 1.34. The lowest BCUT2D eigenvalue weighted by Crippen LogP contribution is -2.64. The monoisotopic (exact) mass is 291 g/mol. The van der Waals surface area contributed by atoms with Gasteiger partial charge in [-0.15, -0.1) is 0 Å². The minimum Gasteiger partial charge on any atom is -0.479 e. The Balaban J connectivity index is 2.49. The molecular weight excluding hydrogens is 279 g/mol. The van der Waals surface area contributed by atoms with Crippen molar-refractivity contribution in [1.29, 1.82) is 0 Å². The third-order valence-electron chi connectivity index (χ3n) is 3.92. The maximum absolute atomic E-state index is 13.1. The summed E-state index contributed by atoms with van der Waals surface area (Å²) in [6.07, 6.45) is -1.72. The first-order valence-electron chi connectivity index (χ1n) is 5.95. The van der Waals surface area contributed by atoms with E-state index >= 15 is 0 Å². The highest BCUT2D eigenvalue weighted by Crippen LogP contribution is 2.44. The fourth-order valence-electron chi connectivity index (χ4n) is 2.58. The first-order chi connectivity index (χ1) is 9.12. The first-order valence-corrected chi connectivity index (χ1v) is 5.95. The lowest BCUT2D eigenvalue weighted by Gasteiger charge is -2.35. The average Bonchev–Trinajstić information content (AvgIpc) is 2.60. The zero-order valence-electron chi connectivity index (χ0n) is 10.5. The van der Waals surface area contributed by atoms with Gasteiger partial charge < -0.3 is 5.11 Å². The Morgan fingerprint density at radius 3 is 1.90 bits per heavy atom. The molecule has 1 aliphatic heterocycles. The van der Waals surface area contributed by atoms with Crippen molar-refractivity contribution in [1.82, 2.24) is 4.90 Å². The van der Waals surface area contributed by atoms with Gasteiger partial charge in [0.1, 0.15) is 0 Å². The van der Waals surface area contributed by atoms with Crippen molar-refractivity contribution in [3.8, 4) is 0 Å². The van der Waals surface area contributed by atoms with Crippen molar-refractivity contribution in [3.05, 3.63) is 12.2 Å². The van der Waals surface area contributed by atoms with Crippen molar-refractivity contribution in [2.75, 3.05) is 0 Å². The number of amides is 2. The lowest BCUT2D eigenvalue weighted by atomic mass is 9.85. The molecule has 0 radical (unpaired) electrons. The van der Waals surface area contributed by atoms with Crippen LogP contribution in [-0.4, -0.2) is 39.5 Å². The van der Waals surface area contributed by atoms with Gasteiger partial charge in [0.2, 0.25) is 17.4 Å². The van der Waals surface area contributed by atoms with Gasteiger partial charge in [-0.3, -0.25) is 14.5 Å². The first kappa shape index (κ1) is 14.5. The van der Waals surface area contributed by atoms with Gasteiger partial charge in [-0.1, -0.05) is 12.2 Å². The molecule has 1 aliphatic carbocycles. The molecule has 5 nitrogen and oxygen atoms in total. The van der Waals surface area contributed by atoms with E-state index in [0.29, 0.717) is 6.92 Å². The summed E-state index contributed by atoms with van der Waals surface area (Å²) >= 11 is 0. The number of nitrogens with zero attached hydrogens (tertiary/aromatic N) is 1. The molecule has 0 saturated carbocycles. The van der Waals surface area contributed by atoms with E-state index in [4.69, 9.17) is 5.11 Å². The molecule has 20 heavy (non-hydrogen) atoms. The predicted molar refractivity (Wildman–Crippen MR) is 59.3 cm³/mol. The number of carbonyl (C=O) groups is 3. The molecule has 1 fully saturated rings. The number of aliphatic carboxylic acids is 1. The SMILES string of the molecule is CC(C(=O)O)(N1C(=O)[C@H]2CC=CC[C@H]2C1=O)C(F)(F)F. The molecular formula is C12H12F3NO4. The number of alkyl halides is 3. The topological polar surface area (TPSA) is 74.7 Å². The third kappa shape index (κ3) is 1.74. The van der Waals surface area contributed by atoms with E-state index < -0.39 is 41.3 Å². The number of allylic oxidation sites excluding steroid dienone is 2. The van der Waals surface area contributed by atoms with Gasteiger partial charge in [0.05, 0.1) is 11.8 Å². The van der Waals surface area contributed by atoms with Crippen molar-refractivity contribution < 1.29 is 32.7 Å². The maximum Gasteiger partial charge on any atom is 0.422 e. The highest BCUT2D eigenvalue weighted by atomic mass is 19.4. The van der Waals surface area contributed by atoms with Gasteiger partial charge in [0.25, 0.3) is 0 Å². The van der Waals surface area contributed by atoms with Crippen LogP contribution in [0.3, 0.4) is 0 Å². The van der Waals surface area contributed by atoms with Crippen LogP contribution in [0.4, 0.5) is 13.2 Å². The normalized spacial score (nSPS) is 29.3. The number of fused-ring (bicyclic) bond motifs is 1. The molecule has 0 aromatic carbocycles. The molecule has 0 aromatic rings. The average molecular weight is 291 g/mol. The number of halogens is 3. The molecule has 1 N–H and O–H groups in total. The fraction of sp³-hybridized carbons (Fsp3) is 0.583. The summed E-state index contributed by atoms with van der Waals surface area (Å²) in [5, 5.41) is 8.92. The van der Waals surface area contributed by atoms with Gasteiger partial charge in [-0.05, 0) is 19.8 Å². The molecule has 1 heterocycles. The maximum atomic E-state index is 13.1. The smallest absolute Gasteiger partial charge is 0.422 e. The van der Waals surface area contributed by atoms with Crippen LogP contribution in [0.5, 0.6) is 0 Å². The Morgan fingerprint density at radius 2 is 1.60 bits per heavy atom. The number of hydrogen-bond acceptors (Lipinski definition) is 3. The van der Waals surface area contributed by atoms with E-state index in [0.717, 1.165) is 0 Å². The van der Waals surface area contributed by atoms with Crippen molar-refractivity contribution in [3.63, 3.8) is 0 Å². The van der Waals surface area contributed by atoms with E-state index in [1.807, 2.05) is 0 Å². The second-order valence-corrected chi connectivity index (χ2v) is 5.04. The summed E-state index contributed by atoms with van der Waals surface area (Å²) in [5.41, 5.74) is -3.53. The van der Waals surface area contributed by atoms with Gasteiger partial charge in [0.15, 0.2) is 0 Å². The van der Waals surface area contributed by atoms with Crippen molar-refractivity contribution in [2.45, 2.75) is 31.5 Å². The van der Waals surface area contributed by atoms with Crippen LogP contribution in [0.2, 0.25) is 0 Å². The van der Waals surface area contributed by atoms with Gasteiger partial charge in [-0.25, -0.2) is 4.79 Å². The van der Waals surface area contributed by atoms with E-state index in [9.17, 15) is 27.6 Å². The molecule has 8 heteroatoms. The van der Waals surface area contributed by atoms with Gasteiger partial charge in [0, 0.05) is 0 Å². The Labute approximate surface area is 112 Å². The van der Waals surface area contributed by atoms with Gasteiger partial charge >= 0.3 is 12.1 Å². The summed E-state index contributed by atoms with van der Waals surface area (Å²) in [5.74, 6) is -6.18. The Bertz CT molecular complexity index is 487. The van der Waals surface area contributed by atoms with Crippen LogP contribution in [0.25, 0.3) is 0 Å². The Kier molecular flexibility index (Phi) is 3.14. The highest BCUT2D eigenvalue weighted by Gasteiger charge is 2.68. The van der Waals surface area contributed by atoms with E-state index in [1.54, 1.807) is 12.2 Å². The van der Waals surface area contributed by atoms with E-state index in [2.05, 4.69) is 0 Å². The summed E-state index contributed by atoms with van der Waals surface area (Å²) in [6, 6.07) is 0. The van der Waals surface area contributed by atoms with Crippen molar-refractivity contribution in [2.24, 2.45) is 11.8 Å². The number of rotatable bonds is 2. The van der Waals surface area contributed by atoms with Crippen LogP contribution in [0, 0.1) is 11.8 Å². The number of carboxylic acids is 1. The number of carbonyl (C=O) groups excluding carboxylic acids is 2. The van der Waals surface area contributed by atoms with E-state index in [1.165, 1.54) is 0 Å². The largest absolute Gasteiger partial charge is 0.479 e. The lowest BCUT2D eigenvalue weighted by molar-refractivity contribution is -0.230. The minimum absolute atomic E-state index is 0.113. The second-order valence-electron chi connectivity index (χ2n) is 5.04. The van der Waals surface area contributed by atoms with E-state index in [-0.39, 0.29) is 17.7 Å². The summed E-state index contributed by atoms with van der Waals surface area (Å²) < 4.78 is 39.3.